The van der Waals surface area contributed by atoms with Crippen molar-refractivity contribution in [2.24, 2.45) is 5.92 Å². The highest BCUT2D eigenvalue weighted by atomic mass is 35.5. The molecule has 0 radical (unpaired) electrons. The summed E-state index contributed by atoms with van der Waals surface area (Å²) in [6.07, 6.45) is 1.28. The van der Waals surface area contributed by atoms with Crippen LogP contribution in [-0.2, 0) is 14.8 Å². The normalized spacial score (nSPS) is 17.9. The summed E-state index contributed by atoms with van der Waals surface area (Å²) < 4.78 is 32.5. The molecule has 1 heterocycles. The number of carbonyl (C=O) groups excluding carboxylic acids is 1. The molecule has 8 heteroatoms. The van der Waals surface area contributed by atoms with Crippen LogP contribution in [0.4, 0.5) is 5.69 Å². The van der Waals surface area contributed by atoms with Crippen LogP contribution in [0.5, 0.6) is 5.75 Å². The number of hydrogen-bond donors (Lipinski definition) is 1. The molecule has 0 saturated carbocycles. The van der Waals surface area contributed by atoms with Gasteiger partial charge in [0, 0.05) is 23.8 Å². The van der Waals surface area contributed by atoms with Crippen molar-refractivity contribution in [3.05, 3.63) is 53.6 Å². The minimum absolute atomic E-state index is 0.161. The monoisotopic (exact) mass is 422 g/mol. The molecule has 1 atom stereocenters. The van der Waals surface area contributed by atoms with Gasteiger partial charge < -0.3 is 10.1 Å². The molecule has 1 amide bonds. The quantitative estimate of drug-likeness (QED) is 0.768. The van der Waals surface area contributed by atoms with Crippen molar-refractivity contribution in [3.8, 4) is 5.75 Å². The molecular formula is C20H23ClN2O4S. The minimum Gasteiger partial charge on any atom is -0.494 e. The number of amides is 1. The predicted molar refractivity (Wildman–Crippen MR) is 109 cm³/mol. The second-order valence-corrected chi connectivity index (χ2v) is 8.98. The molecule has 1 N–H and O–H groups in total. The Morgan fingerprint density at radius 1 is 1.18 bits per heavy atom. The summed E-state index contributed by atoms with van der Waals surface area (Å²) in [4.78, 5) is 12.8. The van der Waals surface area contributed by atoms with Gasteiger partial charge in [-0.1, -0.05) is 11.6 Å². The van der Waals surface area contributed by atoms with Crippen molar-refractivity contribution >= 4 is 33.2 Å². The van der Waals surface area contributed by atoms with E-state index in [2.05, 4.69) is 5.32 Å². The molecule has 3 rings (SSSR count). The number of carbonyl (C=O) groups is 1. The van der Waals surface area contributed by atoms with E-state index in [1.54, 1.807) is 36.4 Å². The fourth-order valence-corrected chi connectivity index (χ4v) is 4.83. The van der Waals surface area contributed by atoms with E-state index in [1.165, 1.54) is 16.4 Å². The number of nitrogens with zero attached hydrogens (tertiary/aromatic N) is 1. The van der Waals surface area contributed by atoms with E-state index >= 15 is 0 Å². The molecule has 2 aromatic rings. The maximum atomic E-state index is 12.9. The summed E-state index contributed by atoms with van der Waals surface area (Å²) in [6.45, 7) is 3.04. The SMILES string of the molecule is CCOc1ccc(NC(=O)C2CCCN(S(=O)(=O)c3ccc(Cl)cc3)C2)cc1. The number of ether oxygens (including phenoxy) is 1. The molecule has 0 aromatic heterocycles. The Bertz CT molecular complexity index is 914. The average molecular weight is 423 g/mol. The van der Waals surface area contributed by atoms with Gasteiger partial charge in [-0.3, -0.25) is 4.79 Å². The van der Waals surface area contributed by atoms with Crippen LogP contribution in [0.2, 0.25) is 5.02 Å². The molecule has 0 spiro atoms. The number of rotatable bonds is 6. The smallest absolute Gasteiger partial charge is 0.243 e. The van der Waals surface area contributed by atoms with E-state index in [-0.39, 0.29) is 17.3 Å². The number of benzene rings is 2. The number of halogens is 1. The maximum absolute atomic E-state index is 12.9. The second-order valence-electron chi connectivity index (χ2n) is 6.60. The van der Waals surface area contributed by atoms with Crippen molar-refractivity contribution in [2.75, 3.05) is 25.0 Å². The molecule has 1 unspecified atom stereocenters. The van der Waals surface area contributed by atoms with E-state index < -0.39 is 15.9 Å². The maximum Gasteiger partial charge on any atom is 0.243 e. The molecule has 6 nitrogen and oxygen atoms in total. The molecule has 1 saturated heterocycles. The lowest BCUT2D eigenvalue weighted by molar-refractivity contribution is -0.120. The average Bonchev–Trinajstić information content (AvgIpc) is 2.70. The number of anilines is 1. The van der Waals surface area contributed by atoms with Crippen molar-refractivity contribution in [1.82, 2.24) is 4.31 Å². The van der Waals surface area contributed by atoms with Crippen molar-refractivity contribution in [3.63, 3.8) is 0 Å². The predicted octanol–water partition coefficient (Wildman–Crippen LogP) is 3.78. The molecule has 1 fully saturated rings. The Morgan fingerprint density at radius 2 is 1.86 bits per heavy atom. The van der Waals surface area contributed by atoms with Crippen molar-refractivity contribution in [1.29, 1.82) is 0 Å². The van der Waals surface area contributed by atoms with Crippen LogP contribution in [-0.4, -0.2) is 38.3 Å². The lowest BCUT2D eigenvalue weighted by Crippen LogP contribution is -2.43. The van der Waals surface area contributed by atoms with E-state index in [0.29, 0.717) is 36.7 Å². The number of sulfonamides is 1. The third-order valence-corrected chi connectivity index (χ3v) is 6.77. The lowest BCUT2D eigenvalue weighted by Gasteiger charge is -2.31. The van der Waals surface area contributed by atoms with Gasteiger partial charge in [0.15, 0.2) is 0 Å². The highest BCUT2D eigenvalue weighted by molar-refractivity contribution is 7.89. The molecule has 150 valence electrons. The first-order valence-corrected chi connectivity index (χ1v) is 11.0. The fourth-order valence-electron chi connectivity index (χ4n) is 3.18. The highest BCUT2D eigenvalue weighted by Crippen LogP contribution is 2.26. The molecule has 2 aromatic carbocycles. The van der Waals surface area contributed by atoms with Crippen LogP contribution in [0.1, 0.15) is 19.8 Å². The lowest BCUT2D eigenvalue weighted by atomic mass is 9.99. The van der Waals surface area contributed by atoms with Crippen LogP contribution in [0.25, 0.3) is 0 Å². The zero-order valence-corrected chi connectivity index (χ0v) is 17.2. The van der Waals surface area contributed by atoms with Gasteiger partial charge in [-0.15, -0.1) is 0 Å². The van der Waals surface area contributed by atoms with Crippen LogP contribution in [0.3, 0.4) is 0 Å². The Kier molecular flexibility index (Phi) is 6.59. The third-order valence-electron chi connectivity index (χ3n) is 4.64. The first kappa shape index (κ1) is 20.6. The summed E-state index contributed by atoms with van der Waals surface area (Å²) >= 11 is 5.85. The first-order chi connectivity index (χ1) is 13.4. The molecule has 0 aliphatic carbocycles. The van der Waals surface area contributed by atoms with Gasteiger partial charge >= 0.3 is 0 Å². The van der Waals surface area contributed by atoms with Gasteiger partial charge in [-0.25, -0.2) is 8.42 Å². The van der Waals surface area contributed by atoms with Gasteiger partial charge in [0.05, 0.1) is 17.4 Å². The van der Waals surface area contributed by atoms with Crippen LogP contribution >= 0.6 is 11.6 Å². The Balaban J connectivity index is 1.66. The largest absolute Gasteiger partial charge is 0.494 e. The second kappa shape index (κ2) is 8.94. The zero-order chi connectivity index (χ0) is 20.1. The van der Waals surface area contributed by atoms with Crippen molar-refractivity contribution < 1.29 is 17.9 Å². The summed E-state index contributed by atoms with van der Waals surface area (Å²) in [5.74, 6) is 0.154. The summed E-state index contributed by atoms with van der Waals surface area (Å²) in [5.41, 5.74) is 0.658. The fraction of sp³-hybridized carbons (Fsp3) is 0.350. The molecule has 0 bridgehead atoms. The van der Waals surface area contributed by atoms with E-state index in [1.807, 2.05) is 6.92 Å². The van der Waals surface area contributed by atoms with Crippen LogP contribution in [0, 0.1) is 5.92 Å². The Hall–Kier alpha value is -2.09. The molecule has 1 aliphatic heterocycles. The van der Waals surface area contributed by atoms with Gasteiger partial charge in [0.1, 0.15) is 5.75 Å². The molecule has 28 heavy (non-hydrogen) atoms. The van der Waals surface area contributed by atoms with Gasteiger partial charge in [-0.05, 0) is 68.3 Å². The van der Waals surface area contributed by atoms with Gasteiger partial charge in [-0.2, -0.15) is 4.31 Å². The van der Waals surface area contributed by atoms with Crippen LogP contribution in [0.15, 0.2) is 53.4 Å². The summed E-state index contributed by atoms with van der Waals surface area (Å²) in [7, 11) is -3.65. The molecule has 1 aliphatic rings. The first-order valence-electron chi connectivity index (χ1n) is 9.19. The Labute approximate surface area is 170 Å². The van der Waals surface area contributed by atoms with Crippen LogP contribution < -0.4 is 10.1 Å². The van der Waals surface area contributed by atoms with E-state index in [9.17, 15) is 13.2 Å². The summed E-state index contributed by atoms with van der Waals surface area (Å²) in [6, 6.07) is 13.2. The minimum atomic E-state index is -3.65. The Morgan fingerprint density at radius 3 is 2.50 bits per heavy atom. The summed E-state index contributed by atoms with van der Waals surface area (Å²) in [5, 5.41) is 3.34. The zero-order valence-electron chi connectivity index (χ0n) is 15.6. The van der Waals surface area contributed by atoms with Gasteiger partial charge in [0.25, 0.3) is 0 Å². The van der Waals surface area contributed by atoms with Crippen molar-refractivity contribution in [2.45, 2.75) is 24.7 Å². The van der Waals surface area contributed by atoms with Gasteiger partial charge in [0.2, 0.25) is 15.9 Å². The number of nitrogens with one attached hydrogen (secondary N) is 1. The number of piperidine rings is 1. The van der Waals surface area contributed by atoms with E-state index in [0.717, 1.165) is 5.75 Å². The highest BCUT2D eigenvalue weighted by Gasteiger charge is 2.33. The standard InChI is InChI=1S/C20H23ClN2O4S/c1-2-27-18-9-7-17(8-10-18)22-20(24)15-4-3-13-23(14-15)28(25,26)19-11-5-16(21)6-12-19/h5-12,15H,2-4,13-14H2,1H3,(H,22,24). The topological polar surface area (TPSA) is 75.7 Å². The molecular weight excluding hydrogens is 400 g/mol. The van der Waals surface area contributed by atoms with E-state index in [4.69, 9.17) is 16.3 Å². The third kappa shape index (κ3) is 4.84. The number of hydrogen-bond acceptors (Lipinski definition) is 4.